The largest absolute Gasteiger partial charge is 0.350 e. The number of nitrogens with one attached hydrogen (secondary N) is 1. The highest BCUT2D eigenvalue weighted by atomic mass is 16.1. The molecule has 3 rings (SSSR count). The van der Waals surface area contributed by atoms with E-state index in [-0.39, 0.29) is 11.8 Å². The summed E-state index contributed by atoms with van der Waals surface area (Å²) in [5.74, 6) is 1.34. The molecular formula is C18H23N7O. The van der Waals surface area contributed by atoms with Gasteiger partial charge in [-0.15, -0.1) is 10.2 Å². The summed E-state index contributed by atoms with van der Waals surface area (Å²) < 4.78 is 1.91. The van der Waals surface area contributed by atoms with E-state index in [1.165, 1.54) is 0 Å². The van der Waals surface area contributed by atoms with Crippen molar-refractivity contribution in [2.75, 3.05) is 25.5 Å². The van der Waals surface area contributed by atoms with Crippen LogP contribution in [-0.4, -0.2) is 51.1 Å². The van der Waals surface area contributed by atoms with Crippen LogP contribution in [-0.2, 0) is 6.42 Å². The van der Waals surface area contributed by atoms with Crippen LogP contribution < -0.4 is 10.2 Å². The van der Waals surface area contributed by atoms with Crippen LogP contribution in [0.3, 0.4) is 0 Å². The van der Waals surface area contributed by atoms with E-state index in [1.807, 2.05) is 56.7 Å². The number of hydrogen-bond donors (Lipinski definition) is 1. The third-order valence-corrected chi connectivity index (χ3v) is 3.98. The minimum atomic E-state index is -0.216. The van der Waals surface area contributed by atoms with E-state index < -0.39 is 0 Å². The van der Waals surface area contributed by atoms with Gasteiger partial charge in [0.1, 0.15) is 11.5 Å². The molecule has 0 aliphatic rings. The summed E-state index contributed by atoms with van der Waals surface area (Å²) >= 11 is 0. The molecule has 1 N–H and O–H groups in total. The van der Waals surface area contributed by atoms with Gasteiger partial charge in [-0.05, 0) is 24.1 Å². The van der Waals surface area contributed by atoms with Gasteiger partial charge in [-0.3, -0.25) is 9.20 Å². The number of rotatable bonds is 6. The number of amides is 1. The van der Waals surface area contributed by atoms with Gasteiger partial charge in [0.25, 0.3) is 5.91 Å². The Morgan fingerprint density at radius 3 is 2.77 bits per heavy atom. The molecule has 3 heterocycles. The van der Waals surface area contributed by atoms with Crippen molar-refractivity contribution in [1.29, 1.82) is 0 Å². The lowest BCUT2D eigenvalue weighted by atomic mass is 10.1. The summed E-state index contributed by atoms with van der Waals surface area (Å²) in [4.78, 5) is 23.2. The lowest BCUT2D eigenvalue weighted by Crippen LogP contribution is -2.28. The molecule has 0 atom stereocenters. The first-order valence-electron chi connectivity index (χ1n) is 8.59. The Balaban J connectivity index is 1.70. The molecule has 0 radical (unpaired) electrons. The highest BCUT2D eigenvalue weighted by Gasteiger charge is 2.15. The van der Waals surface area contributed by atoms with Crippen molar-refractivity contribution >= 4 is 17.5 Å². The van der Waals surface area contributed by atoms with E-state index in [0.717, 1.165) is 17.2 Å². The second-order valence-electron chi connectivity index (χ2n) is 6.58. The third kappa shape index (κ3) is 3.79. The third-order valence-electron chi connectivity index (χ3n) is 3.98. The molecule has 0 aliphatic heterocycles. The number of nitrogens with zero attached hydrogens (tertiary/aromatic N) is 6. The number of pyridine rings is 1. The lowest BCUT2D eigenvalue weighted by molar-refractivity contribution is 0.0948. The predicted octanol–water partition coefficient (Wildman–Crippen LogP) is 1.68. The quantitative estimate of drug-likeness (QED) is 0.725. The SMILES string of the molecule is CC(C)c1cc(C(=O)NCCc2nnc3ccccn23)nc(N(C)C)n1. The minimum Gasteiger partial charge on any atom is -0.350 e. The Kier molecular flexibility index (Phi) is 5.11. The monoisotopic (exact) mass is 353 g/mol. The molecular weight excluding hydrogens is 330 g/mol. The van der Waals surface area contributed by atoms with Gasteiger partial charge in [0.2, 0.25) is 5.95 Å². The Morgan fingerprint density at radius 1 is 1.23 bits per heavy atom. The van der Waals surface area contributed by atoms with Crippen molar-refractivity contribution in [2.24, 2.45) is 0 Å². The molecule has 136 valence electrons. The Hall–Kier alpha value is -3.03. The van der Waals surface area contributed by atoms with Crippen LogP contribution >= 0.6 is 0 Å². The maximum atomic E-state index is 12.5. The fourth-order valence-electron chi connectivity index (χ4n) is 2.50. The first kappa shape index (κ1) is 17.8. The standard InChI is InChI=1S/C18H23N7O/c1-12(2)13-11-14(21-18(20-13)24(3)4)17(26)19-9-8-16-23-22-15-7-5-6-10-25(15)16/h5-7,10-12H,8-9H2,1-4H3,(H,19,26). The summed E-state index contributed by atoms with van der Waals surface area (Å²) in [5.41, 5.74) is 2.01. The molecule has 8 nitrogen and oxygen atoms in total. The second-order valence-corrected chi connectivity index (χ2v) is 6.58. The maximum Gasteiger partial charge on any atom is 0.270 e. The van der Waals surface area contributed by atoms with Crippen LogP contribution in [0.1, 0.15) is 41.8 Å². The van der Waals surface area contributed by atoms with E-state index in [0.29, 0.717) is 24.6 Å². The van der Waals surface area contributed by atoms with Gasteiger partial charge >= 0.3 is 0 Å². The van der Waals surface area contributed by atoms with E-state index >= 15 is 0 Å². The Bertz CT molecular complexity index is 891. The zero-order valence-corrected chi connectivity index (χ0v) is 15.5. The Labute approximate surface area is 152 Å². The molecule has 0 spiro atoms. The molecule has 26 heavy (non-hydrogen) atoms. The molecule has 0 bridgehead atoms. The molecule has 8 heteroatoms. The number of carbonyl (C=O) groups is 1. The van der Waals surface area contributed by atoms with Crippen LogP contribution in [0.5, 0.6) is 0 Å². The summed E-state index contributed by atoms with van der Waals surface area (Å²) in [6, 6.07) is 7.49. The molecule has 0 unspecified atom stereocenters. The molecule has 3 aromatic heterocycles. The molecule has 3 aromatic rings. The van der Waals surface area contributed by atoms with Crippen molar-refractivity contribution < 1.29 is 4.79 Å². The molecule has 0 saturated heterocycles. The van der Waals surface area contributed by atoms with Crippen LogP contribution in [0.25, 0.3) is 5.65 Å². The summed E-state index contributed by atoms with van der Waals surface area (Å²) in [6.07, 6.45) is 2.49. The average Bonchev–Trinajstić information content (AvgIpc) is 3.04. The van der Waals surface area contributed by atoms with E-state index in [1.54, 1.807) is 11.0 Å². The predicted molar refractivity (Wildman–Crippen MR) is 99.5 cm³/mol. The fourth-order valence-corrected chi connectivity index (χ4v) is 2.50. The lowest BCUT2D eigenvalue weighted by Gasteiger charge is -2.15. The average molecular weight is 353 g/mol. The van der Waals surface area contributed by atoms with Gasteiger partial charge in [-0.25, -0.2) is 9.97 Å². The molecule has 1 amide bonds. The van der Waals surface area contributed by atoms with Crippen molar-refractivity contribution in [3.05, 3.63) is 47.7 Å². The normalized spacial score (nSPS) is 11.1. The van der Waals surface area contributed by atoms with Gasteiger partial charge < -0.3 is 10.2 Å². The van der Waals surface area contributed by atoms with Crippen molar-refractivity contribution in [1.82, 2.24) is 29.9 Å². The number of hydrogen-bond acceptors (Lipinski definition) is 6. The van der Waals surface area contributed by atoms with Crippen LogP contribution in [0.4, 0.5) is 5.95 Å². The van der Waals surface area contributed by atoms with E-state index in [4.69, 9.17) is 0 Å². The summed E-state index contributed by atoms with van der Waals surface area (Å²) in [6.45, 7) is 4.53. The van der Waals surface area contributed by atoms with Gasteiger partial charge in [0.15, 0.2) is 5.65 Å². The molecule has 0 aliphatic carbocycles. The smallest absolute Gasteiger partial charge is 0.270 e. The maximum absolute atomic E-state index is 12.5. The topological polar surface area (TPSA) is 88.3 Å². The zero-order valence-electron chi connectivity index (χ0n) is 15.5. The molecule has 0 fully saturated rings. The minimum absolute atomic E-state index is 0.214. The van der Waals surface area contributed by atoms with Gasteiger partial charge in [-0.2, -0.15) is 0 Å². The number of carbonyl (C=O) groups excluding carboxylic acids is 1. The van der Waals surface area contributed by atoms with Crippen molar-refractivity contribution in [3.63, 3.8) is 0 Å². The zero-order chi connectivity index (χ0) is 18.7. The summed E-state index contributed by atoms with van der Waals surface area (Å²) in [5, 5.41) is 11.2. The number of fused-ring (bicyclic) bond motifs is 1. The van der Waals surface area contributed by atoms with E-state index in [9.17, 15) is 4.79 Å². The van der Waals surface area contributed by atoms with E-state index in [2.05, 4.69) is 25.5 Å². The highest BCUT2D eigenvalue weighted by molar-refractivity contribution is 5.92. The van der Waals surface area contributed by atoms with Gasteiger partial charge in [-0.1, -0.05) is 19.9 Å². The summed E-state index contributed by atoms with van der Waals surface area (Å²) in [7, 11) is 3.72. The fraction of sp³-hybridized carbons (Fsp3) is 0.389. The van der Waals surface area contributed by atoms with Crippen LogP contribution in [0.2, 0.25) is 0 Å². The van der Waals surface area contributed by atoms with Crippen molar-refractivity contribution in [2.45, 2.75) is 26.2 Å². The molecule has 0 saturated carbocycles. The first-order valence-corrected chi connectivity index (χ1v) is 8.59. The Morgan fingerprint density at radius 2 is 2.04 bits per heavy atom. The first-order chi connectivity index (χ1) is 12.5. The van der Waals surface area contributed by atoms with Crippen LogP contribution in [0.15, 0.2) is 30.5 Å². The number of aromatic nitrogens is 5. The van der Waals surface area contributed by atoms with Crippen molar-refractivity contribution in [3.8, 4) is 0 Å². The van der Waals surface area contributed by atoms with Gasteiger partial charge in [0, 0.05) is 39.0 Å². The van der Waals surface area contributed by atoms with Crippen LogP contribution in [0, 0.1) is 0 Å². The molecule has 0 aromatic carbocycles. The number of anilines is 1. The second kappa shape index (κ2) is 7.47. The van der Waals surface area contributed by atoms with Gasteiger partial charge in [0.05, 0.1) is 0 Å². The highest BCUT2D eigenvalue weighted by Crippen LogP contribution is 2.16.